The van der Waals surface area contributed by atoms with Gasteiger partial charge in [-0.05, 0) is 30.3 Å². The summed E-state index contributed by atoms with van der Waals surface area (Å²) < 4.78 is 20.6. The normalized spacial score (nSPS) is 11.0. The summed E-state index contributed by atoms with van der Waals surface area (Å²) in [5.74, 6) is 0.835. The Balaban J connectivity index is 2.11. The Hall–Kier alpha value is -2.40. The van der Waals surface area contributed by atoms with E-state index in [2.05, 4.69) is 4.98 Å². The number of aromatic nitrogens is 2. The molecule has 4 nitrogen and oxygen atoms in total. The molecule has 0 bridgehead atoms. The van der Waals surface area contributed by atoms with Crippen molar-refractivity contribution in [2.45, 2.75) is 13.2 Å². The van der Waals surface area contributed by atoms with Crippen LogP contribution in [0.15, 0.2) is 42.5 Å². The molecule has 0 fully saturated rings. The van der Waals surface area contributed by atoms with E-state index < -0.39 is 0 Å². The van der Waals surface area contributed by atoms with Crippen molar-refractivity contribution in [1.82, 2.24) is 9.55 Å². The summed E-state index contributed by atoms with van der Waals surface area (Å²) in [6.07, 6.45) is 0. The van der Waals surface area contributed by atoms with E-state index in [4.69, 9.17) is 4.74 Å². The van der Waals surface area contributed by atoms with Crippen LogP contribution in [-0.4, -0.2) is 21.8 Å². The largest absolute Gasteiger partial charge is 0.496 e. The summed E-state index contributed by atoms with van der Waals surface area (Å²) in [5, 5.41) is 9.49. The summed E-state index contributed by atoms with van der Waals surface area (Å²) in [5.41, 5.74) is 2.40. The highest BCUT2D eigenvalue weighted by Gasteiger charge is 2.12. The van der Waals surface area contributed by atoms with Crippen LogP contribution in [0.4, 0.5) is 4.39 Å². The standard InChI is InChI=1S/C16H15FN2O2/c1-21-15-7-6-12(17)8-11(15)9-19-14-5-3-2-4-13(14)18-16(19)10-20/h2-8,20H,9-10H2,1H3. The predicted molar refractivity (Wildman–Crippen MR) is 77.7 cm³/mol. The summed E-state index contributed by atoms with van der Waals surface area (Å²) >= 11 is 0. The minimum atomic E-state index is -0.319. The van der Waals surface area contributed by atoms with Crippen molar-refractivity contribution in [2.75, 3.05) is 7.11 Å². The Morgan fingerprint density at radius 3 is 2.81 bits per heavy atom. The van der Waals surface area contributed by atoms with E-state index in [0.29, 0.717) is 23.7 Å². The van der Waals surface area contributed by atoms with Crippen LogP contribution in [0.25, 0.3) is 11.0 Å². The first-order valence-corrected chi connectivity index (χ1v) is 6.60. The lowest BCUT2D eigenvalue weighted by Gasteiger charge is -2.12. The highest BCUT2D eigenvalue weighted by molar-refractivity contribution is 5.76. The van der Waals surface area contributed by atoms with E-state index in [1.807, 2.05) is 28.8 Å². The molecule has 1 N–H and O–H groups in total. The monoisotopic (exact) mass is 286 g/mol. The molecule has 0 amide bonds. The molecule has 3 rings (SSSR count). The van der Waals surface area contributed by atoms with Gasteiger partial charge in [0.1, 0.15) is 24.0 Å². The average Bonchev–Trinajstić information content (AvgIpc) is 2.86. The molecule has 0 spiro atoms. The molecule has 5 heteroatoms. The number of rotatable bonds is 4. The Labute approximate surface area is 121 Å². The molecular formula is C16H15FN2O2. The third kappa shape index (κ3) is 2.48. The lowest BCUT2D eigenvalue weighted by Crippen LogP contribution is -2.06. The van der Waals surface area contributed by atoms with E-state index >= 15 is 0 Å². The number of halogens is 1. The highest BCUT2D eigenvalue weighted by Crippen LogP contribution is 2.24. The molecule has 1 heterocycles. The maximum atomic E-state index is 13.5. The first kappa shape index (κ1) is 13.6. The van der Waals surface area contributed by atoms with Crippen molar-refractivity contribution in [2.24, 2.45) is 0 Å². The number of hydrogen-bond donors (Lipinski definition) is 1. The second-order valence-corrected chi connectivity index (χ2v) is 4.72. The topological polar surface area (TPSA) is 47.3 Å². The van der Waals surface area contributed by atoms with Gasteiger partial charge in [0.05, 0.1) is 24.7 Å². The second kappa shape index (κ2) is 5.54. The first-order valence-electron chi connectivity index (χ1n) is 6.60. The molecule has 3 aromatic rings. The molecule has 108 valence electrons. The number of para-hydroxylation sites is 2. The van der Waals surface area contributed by atoms with Crippen LogP contribution < -0.4 is 4.74 Å². The van der Waals surface area contributed by atoms with Crippen molar-refractivity contribution in [3.63, 3.8) is 0 Å². The Bertz CT molecular complexity index is 783. The number of nitrogens with zero attached hydrogens (tertiary/aromatic N) is 2. The SMILES string of the molecule is COc1ccc(F)cc1Cn1c(CO)nc2ccccc21. The average molecular weight is 286 g/mol. The lowest BCUT2D eigenvalue weighted by atomic mass is 10.2. The van der Waals surface area contributed by atoms with Crippen molar-refractivity contribution in [3.05, 3.63) is 59.7 Å². The quantitative estimate of drug-likeness (QED) is 0.802. The van der Waals surface area contributed by atoms with Gasteiger partial charge in [0.15, 0.2) is 0 Å². The van der Waals surface area contributed by atoms with Gasteiger partial charge in [-0.2, -0.15) is 0 Å². The fourth-order valence-corrected chi connectivity index (χ4v) is 2.46. The predicted octanol–water partition coefficient (Wildman–Crippen LogP) is 2.72. The van der Waals surface area contributed by atoms with Crippen molar-refractivity contribution in [3.8, 4) is 5.75 Å². The summed E-state index contributed by atoms with van der Waals surface area (Å²) in [6.45, 7) is 0.212. The van der Waals surface area contributed by atoms with E-state index in [-0.39, 0.29) is 12.4 Å². The minimum absolute atomic E-state index is 0.174. The zero-order valence-electron chi connectivity index (χ0n) is 11.6. The third-order valence-electron chi connectivity index (χ3n) is 3.45. The summed E-state index contributed by atoms with van der Waals surface area (Å²) in [7, 11) is 1.55. The van der Waals surface area contributed by atoms with Crippen LogP contribution in [0.2, 0.25) is 0 Å². The second-order valence-electron chi connectivity index (χ2n) is 4.72. The number of imidazole rings is 1. The molecule has 0 atom stereocenters. The van der Waals surface area contributed by atoms with Gasteiger partial charge < -0.3 is 14.4 Å². The van der Waals surface area contributed by atoms with Crippen molar-refractivity contribution in [1.29, 1.82) is 0 Å². The Kier molecular flexibility index (Phi) is 3.58. The molecule has 0 unspecified atom stereocenters. The first-order chi connectivity index (χ1) is 10.2. The number of aliphatic hydroxyl groups excluding tert-OH is 1. The lowest BCUT2D eigenvalue weighted by molar-refractivity contribution is 0.266. The summed E-state index contributed by atoms with van der Waals surface area (Å²) in [4.78, 5) is 4.38. The molecule has 0 saturated heterocycles. The molecule has 0 aliphatic carbocycles. The van der Waals surface area contributed by atoms with E-state index in [1.165, 1.54) is 12.1 Å². The van der Waals surface area contributed by atoms with Gasteiger partial charge in [0.2, 0.25) is 0 Å². The molecule has 21 heavy (non-hydrogen) atoms. The fraction of sp³-hybridized carbons (Fsp3) is 0.188. The van der Waals surface area contributed by atoms with Crippen molar-refractivity contribution < 1.29 is 14.2 Å². The van der Waals surface area contributed by atoms with Gasteiger partial charge in [0.25, 0.3) is 0 Å². The van der Waals surface area contributed by atoms with Crippen LogP contribution in [0.3, 0.4) is 0 Å². The zero-order chi connectivity index (χ0) is 14.8. The molecule has 0 radical (unpaired) electrons. The minimum Gasteiger partial charge on any atom is -0.496 e. The molecule has 0 saturated carbocycles. The maximum absolute atomic E-state index is 13.5. The van der Waals surface area contributed by atoms with Gasteiger partial charge >= 0.3 is 0 Å². The number of methoxy groups -OCH3 is 1. The number of benzene rings is 2. The zero-order valence-corrected chi connectivity index (χ0v) is 11.6. The van der Waals surface area contributed by atoms with Gasteiger partial charge in [-0.3, -0.25) is 0 Å². The molecule has 2 aromatic carbocycles. The molecular weight excluding hydrogens is 271 g/mol. The highest BCUT2D eigenvalue weighted by atomic mass is 19.1. The molecule has 1 aromatic heterocycles. The number of ether oxygens (including phenoxy) is 1. The van der Waals surface area contributed by atoms with Crippen LogP contribution in [0.1, 0.15) is 11.4 Å². The van der Waals surface area contributed by atoms with E-state index in [9.17, 15) is 9.50 Å². The van der Waals surface area contributed by atoms with E-state index in [0.717, 1.165) is 11.0 Å². The van der Waals surface area contributed by atoms with Crippen LogP contribution in [0, 0.1) is 5.82 Å². The van der Waals surface area contributed by atoms with Crippen LogP contribution in [-0.2, 0) is 13.2 Å². The van der Waals surface area contributed by atoms with Crippen LogP contribution in [0.5, 0.6) is 5.75 Å². The van der Waals surface area contributed by atoms with Gasteiger partial charge in [-0.25, -0.2) is 9.37 Å². The number of fused-ring (bicyclic) bond motifs is 1. The van der Waals surface area contributed by atoms with Gasteiger partial charge in [-0.15, -0.1) is 0 Å². The smallest absolute Gasteiger partial charge is 0.136 e. The van der Waals surface area contributed by atoms with Crippen molar-refractivity contribution >= 4 is 11.0 Å². The van der Waals surface area contributed by atoms with Gasteiger partial charge in [-0.1, -0.05) is 12.1 Å². The maximum Gasteiger partial charge on any atom is 0.136 e. The van der Waals surface area contributed by atoms with E-state index in [1.54, 1.807) is 13.2 Å². The summed E-state index contributed by atoms with van der Waals surface area (Å²) in [6, 6.07) is 12.0. The fourth-order valence-electron chi connectivity index (χ4n) is 2.46. The molecule has 0 aliphatic rings. The van der Waals surface area contributed by atoms with Crippen LogP contribution >= 0.6 is 0 Å². The third-order valence-corrected chi connectivity index (χ3v) is 3.45. The Morgan fingerprint density at radius 2 is 2.05 bits per heavy atom. The molecule has 0 aliphatic heterocycles. The number of hydrogen-bond acceptors (Lipinski definition) is 3. The number of aliphatic hydroxyl groups is 1. The van der Waals surface area contributed by atoms with Gasteiger partial charge in [0, 0.05) is 5.56 Å². The Morgan fingerprint density at radius 1 is 1.24 bits per heavy atom.